The molecule has 0 radical (unpaired) electrons. The zero-order valence-corrected chi connectivity index (χ0v) is 27.3. The highest BCUT2D eigenvalue weighted by Crippen LogP contribution is 2.42. The third kappa shape index (κ3) is 8.76. The van der Waals surface area contributed by atoms with E-state index in [-0.39, 0.29) is 31.3 Å². The van der Waals surface area contributed by atoms with Gasteiger partial charge in [-0.3, -0.25) is 4.79 Å². The van der Waals surface area contributed by atoms with E-state index < -0.39 is 16.0 Å². The van der Waals surface area contributed by atoms with Crippen molar-refractivity contribution in [2.75, 3.05) is 19.6 Å². The van der Waals surface area contributed by atoms with E-state index in [2.05, 4.69) is 41.4 Å². The maximum absolute atomic E-state index is 12.0. The summed E-state index contributed by atoms with van der Waals surface area (Å²) in [6.45, 7) is 5.54. The molecule has 2 aliphatic rings. The SMILES string of the molecule is CC1C(CN2CCCCCCC2)OC(c2cccc(-c3cccc(CNC(=O)C(Cl)(Cl)Cl)c3)c2)OC1c1ccc(CO)cc1. The van der Waals surface area contributed by atoms with E-state index in [1.807, 2.05) is 48.5 Å². The number of carbonyl (C=O) groups is 1. The molecule has 0 aliphatic carbocycles. The number of ether oxygens (including phenoxy) is 2. The minimum Gasteiger partial charge on any atom is -0.392 e. The lowest BCUT2D eigenvalue weighted by molar-refractivity contribution is -0.276. The number of nitrogens with one attached hydrogen (secondary N) is 1. The van der Waals surface area contributed by atoms with Gasteiger partial charge in [-0.25, -0.2) is 0 Å². The van der Waals surface area contributed by atoms with E-state index in [9.17, 15) is 9.90 Å². The van der Waals surface area contributed by atoms with Crippen LogP contribution in [0.4, 0.5) is 0 Å². The number of nitrogens with zero attached hydrogens (tertiary/aromatic N) is 1. The number of amides is 1. The molecule has 0 aromatic heterocycles. The molecule has 0 saturated carbocycles. The van der Waals surface area contributed by atoms with E-state index in [1.54, 1.807) is 0 Å². The number of alkyl halides is 3. The zero-order chi connectivity index (χ0) is 31.1. The Morgan fingerprint density at radius 1 is 0.864 bits per heavy atom. The summed E-state index contributed by atoms with van der Waals surface area (Å²) in [5.74, 6) is -0.527. The number of hydrogen-bond acceptors (Lipinski definition) is 5. The van der Waals surface area contributed by atoms with E-state index in [0.29, 0.717) is 0 Å². The number of aliphatic hydroxyl groups excluding tert-OH is 1. The smallest absolute Gasteiger partial charge is 0.272 e. The van der Waals surface area contributed by atoms with Crippen molar-refractivity contribution in [3.8, 4) is 11.1 Å². The number of rotatable bonds is 8. The molecule has 2 fully saturated rings. The van der Waals surface area contributed by atoms with Gasteiger partial charge in [-0.2, -0.15) is 0 Å². The first-order chi connectivity index (χ1) is 21.2. The van der Waals surface area contributed by atoms with Gasteiger partial charge in [0.1, 0.15) is 0 Å². The first-order valence-electron chi connectivity index (χ1n) is 15.5. The Labute approximate surface area is 275 Å². The summed E-state index contributed by atoms with van der Waals surface area (Å²) in [6.07, 6.45) is 5.64. The Kier molecular flexibility index (Phi) is 11.6. The molecule has 0 bridgehead atoms. The summed E-state index contributed by atoms with van der Waals surface area (Å²) in [7, 11) is 0. The Morgan fingerprint density at radius 3 is 2.20 bits per heavy atom. The molecule has 4 unspecified atom stereocenters. The molecule has 2 heterocycles. The molecule has 4 atom stereocenters. The fourth-order valence-electron chi connectivity index (χ4n) is 6.09. The van der Waals surface area contributed by atoms with Crippen LogP contribution in [0.1, 0.15) is 73.7 Å². The topological polar surface area (TPSA) is 71.0 Å². The Hall–Kier alpha value is -2.16. The summed E-state index contributed by atoms with van der Waals surface area (Å²) in [5, 5.41) is 12.2. The lowest BCUT2D eigenvalue weighted by atomic mass is 9.89. The van der Waals surface area contributed by atoms with Crippen LogP contribution in [-0.4, -0.2) is 45.4 Å². The van der Waals surface area contributed by atoms with Gasteiger partial charge < -0.3 is 24.8 Å². The van der Waals surface area contributed by atoms with E-state index in [0.717, 1.165) is 53.0 Å². The van der Waals surface area contributed by atoms with Gasteiger partial charge in [0, 0.05) is 24.6 Å². The van der Waals surface area contributed by atoms with Crippen LogP contribution in [0.15, 0.2) is 72.8 Å². The fourth-order valence-corrected chi connectivity index (χ4v) is 6.29. The largest absolute Gasteiger partial charge is 0.392 e. The Bertz CT molecular complexity index is 1370. The summed E-state index contributed by atoms with van der Waals surface area (Å²) in [5.41, 5.74) is 5.79. The summed E-state index contributed by atoms with van der Waals surface area (Å²) in [4.78, 5) is 14.6. The third-order valence-corrected chi connectivity index (χ3v) is 9.15. The molecular formula is C35H41Cl3N2O4. The number of halogens is 3. The quantitative estimate of drug-likeness (QED) is 0.241. The second-order valence-corrected chi connectivity index (χ2v) is 14.2. The second-order valence-electron chi connectivity index (χ2n) is 11.9. The van der Waals surface area contributed by atoms with Gasteiger partial charge in [0.25, 0.3) is 9.70 Å². The van der Waals surface area contributed by atoms with Gasteiger partial charge in [-0.15, -0.1) is 0 Å². The van der Waals surface area contributed by atoms with Crippen LogP contribution < -0.4 is 5.32 Å². The maximum Gasteiger partial charge on any atom is 0.272 e. The summed E-state index contributed by atoms with van der Waals surface area (Å²) in [6, 6.07) is 24.2. The zero-order valence-electron chi connectivity index (χ0n) is 25.1. The van der Waals surface area contributed by atoms with Crippen molar-refractivity contribution >= 4 is 40.7 Å². The number of benzene rings is 3. The van der Waals surface area contributed by atoms with Gasteiger partial charge in [-0.05, 0) is 65.9 Å². The highest BCUT2D eigenvalue weighted by molar-refractivity contribution is 6.76. The van der Waals surface area contributed by atoms with E-state index in [1.165, 1.54) is 32.1 Å². The van der Waals surface area contributed by atoms with E-state index in [4.69, 9.17) is 44.3 Å². The van der Waals surface area contributed by atoms with Crippen molar-refractivity contribution in [1.29, 1.82) is 0 Å². The molecule has 2 N–H and O–H groups in total. The van der Waals surface area contributed by atoms with Crippen LogP contribution in [-0.2, 0) is 27.4 Å². The van der Waals surface area contributed by atoms with Gasteiger partial charge in [-0.1, -0.05) is 122 Å². The number of likely N-dealkylation sites (tertiary alicyclic amines) is 1. The number of carbonyl (C=O) groups excluding carboxylic acids is 1. The lowest BCUT2D eigenvalue weighted by Gasteiger charge is -2.43. The van der Waals surface area contributed by atoms with Crippen molar-refractivity contribution in [2.45, 2.75) is 74.5 Å². The fraction of sp³-hybridized carbons (Fsp3) is 0.457. The van der Waals surface area contributed by atoms with Gasteiger partial charge in [0.05, 0.1) is 18.8 Å². The van der Waals surface area contributed by atoms with Crippen molar-refractivity contribution in [3.05, 3.63) is 95.1 Å². The molecule has 2 aliphatic heterocycles. The maximum atomic E-state index is 12.0. The van der Waals surface area contributed by atoms with Crippen LogP contribution in [0.2, 0.25) is 0 Å². The molecule has 44 heavy (non-hydrogen) atoms. The van der Waals surface area contributed by atoms with Crippen LogP contribution in [0.25, 0.3) is 11.1 Å². The normalized spacial score (nSPS) is 23.5. The second kappa shape index (κ2) is 15.4. The molecule has 6 nitrogen and oxygen atoms in total. The van der Waals surface area contributed by atoms with Crippen LogP contribution in [0.5, 0.6) is 0 Å². The minimum absolute atomic E-state index is 0.00999. The molecule has 9 heteroatoms. The van der Waals surface area contributed by atoms with Gasteiger partial charge in [0.15, 0.2) is 6.29 Å². The van der Waals surface area contributed by atoms with Crippen molar-refractivity contribution < 1.29 is 19.4 Å². The average Bonchev–Trinajstić information content (AvgIpc) is 3.01. The van der Waals surface area contributed by atoms with Crippen LogP contribution in [0.3, 0.4) is 0 Å². The number of aliphatic hydroxyl groups is 1. The summed E-state index contributed by atoms with van der Waals surface area (Å²) < 4.78 is 11.5. The highest BCUT2D eigenvalue weighted by Gasteiger charge is 2.39. The third-order valence-electron chi connectivity index (χ3n) is 8.64. The first-order valence-corrected chi connectivity index (χ1v) is 16.6. The molecule has 3 aromatic rings. The van der Waals surface area contributed by atoms with E-state index >= 15 is 0 Å². The molecule has 3 aromatic carbocycles. The summed E-state index contributed by atoms with van der Waals surface area (Å²) >= 11 is 17.1. The lowest BCUT2D eigenvalue weighted by Crippen LogP contribution is -2.45. The molecular weight excluding hydrogens is 619 g/mol. The molecule has 1 amide bonds. The monoisotopic (exact) mass is 658 g/mol. The van der Waals surface area contributed by atoms with Crippen molar-refractivity contribution in [3.63, 3.8) is 0 Å². The average molecular weight is 660 g/mol. The Balaban J connectivity index is 1.38. The molecule has 2 saturated heterocycles. The molecule has 236 valence electrons. The predicted octanol–water partition coefficient (Wildman–Crippen LogP) is 7.89. The Morgan fingerprint density at radius 2 is 1.52 bits per heavy atom. The number of hydrogen-bond donors (Lipinski definition) is 2. The predicted molar refractivity (Wildman–Crippen MR) is 177 cm³/mol. The van der Waals surface area contributed by atoms with Crippen molar-refractivity contribution in [1.82, 2.24) is 10.2 Å². The highest BCUT2D eigenvalue weighted by atomic mass is 35.6. The first kappa shape index (κ1) is 33.2. The minimum atomic E-state index is -2.01. The standard InChI is InChI=1S/C35H41Cl3N2O4/c1-24-31(22-40-17-5-3-2-4-6-18-40)43-33(44-32(24)27-15-13-25(23-41)14-16-27)30-12-8-11-29(20-30)28-10-7-9-26(19-28)21-39-34(42)35(36,37)38/h7-16,19-20,24,31-33,41H,2-6,17-18,21-23H2,1H3,(H,39,42). The molecule has 5 rings (SSSR count). The van der Waals surface area contributed by atoms with Gasteiger partial charge >= 0.3 is 0 Å². The van der Waals surface area contributed by atoms with Crippen LogP contribution >= 0.6 is 34.8 Å². The van der Waals surface area contributed by atoms with Gasteiger partial charge in [0.2, 0.25) is 0 Å². The van der Waals surface area contributed by atoms with Crippen molar-refractivity contribution in [2.24, 2.45) is 5.92 Å². The molecule has 0 spiro atoms. The van der Waals surface area contributed by atoms with Crippen LogP contribution in [0, 0.1) is 5.92 Å².